The number of nitrogens with zero attached hydrogens (tertiary/aromatic N) is 1. The SMILES string of the molecule is CCCN(CCCC(N)=O)CCc1ccc(N)c(C(F)(F)F)c1. The van der Waals surface area contributed by atoms with Gasteiger partial charge in [0.2, 0.25) is 5.91 Å². The Kier molecular flexibility index (Phi) is 7.35. The first-order valence-corrected chi connectivity index (χ1v) is 7.70. The second-order valence-electron chi connectivity index (χ2n) is 5.58. The molecule has 1 amide bonds. The summed E-state index contributed by atoms with van der Waals surface area (Å²) in [4.78, 5) is 12.9. The molecule has 1 aromatic carbocycles. The van der Waals surface area contributed by atoms with E-state index in [1.54, 1.807) is 6.07 Å². The Balaban J connectivity index is 2.65. The van der Waals surface area contributed by atoms with Crippen molar-refractivity contribution in [1.82, 2.24) is 4.90 Å². The van der Waals surface area contributed by atoms with Crippen LogP contribution in [-0.4, -0.2) is 30.4 Å². The van der Waals surface area contributed by atoms with Gasteiger partial charge in [-0.15, -0.1) is 0 Å². The molecule has 0 aliphatic rings. The molecule has 0 aromatic heterocycles. The molecule has 4 N–H and O–H groups in total. The molecule has 7 heteroatoms. The number of carbonyl (C=O) groups excluding carboxylic acids is 1. The first kappa shape index (κ1) is 19.3. The van der Waals surface area contributed by atoms with Crippen LogP contribution >= 0.6 is 0 Å². The summed E-state index contributed by atoms with van der Waals surface area (Å²) in [6.07, 6.45) is -2.03. The summed E-state index contributed by atoms with van der Waals surface area (Å²) in [5, 5.41) is 0. The predicted octanol–water partition coefficient (Wildman–Crippen LogP) is 2.81. The van der Waals surface area contributed by atoms with E-state index in [9.17, 15) is 18.0 Å². The Morgan fingerprint density at radius 3 is 2.48 bits per heavy atom. The van der Waals surface area contributed by atoms with Gasteiger partial charge in [-0.1, -0.05) is 13.0 Å². The average molecular weight is 331 g/mol. The van der Waals surface area contributed by atoms with Gasteiger partial charge in [-0.05, 0) is 50.0 Å². The number of benzene rings is 1. The summed E-state index contributed by atoms with van der Waals surface area (Å²) in [6.45, 7) is 4.21. The molecule has 0 unspecified atom stereocenters. The molecule has 0 saturated carbocycles. The van der Waals surface area contributed by atoms with Crippen molar-refractivity contribution < 1.29 is 18.0 Å². The van der Waals surface area contributed by atoms with Gasteiger partial charge in [0.15, 0.2) is 0 Å². The van der Waals surface area contributed by atoms with Crippen LogP contribution in [0.3, 0.4) is 0 Å². The van der Waals surface area contributed by atoms with Crippen molar-refractivity contribution in [3.8, 4) is 0 Å². The minimum absolute atomic E-state index is 0.256. The minimum atomic E-state index is -4.44. The molecule has 0 bridgehead atoms. The molecular weight excluding hydrogens is 307 g/mol. The highest BCUT2D eigenvalue weighted by molar-refractivity contribution is 5.73. The number of primary amides is 1. The van der Waals surface area contributed by atoms with Crippen LogP contribution in [0.25, 0.3) is 0 Å². The second-order valence-corrected chi connectivity index (χ2v) is 5.58. The molecule has 1 rings (SSSR count). The van der Waals surface area contributed by atoms with Crippen LogP contribution in [0.2, 0.25) is 0 Å². The van der Waals surface area contributed by atoms with E-state index in [0.717, 1.165) is 19.0 Å². The van der Waals surface area contributed by atoms with Gasteiger partial charge >= 0.3 is 6.18 Å². The van der Waals surface area contributed by atoms with Crippen molar-refractivity contribution >= 4 is 11.6 Å². The lowest BCUT2D eigenvalue weighted by atomic mass is 10.1. The molecule has 23 heavy (non-hydrogen) atoms. The number of nitrogens with two attached hydrogens (primary N) is 2. The largest absolute Gasteiger partial charge is 0.418 e. The third-order valence-corrected chi connectivity index (χ3v) is 3.58. The van der Waals surface area contributed by atoms with Crippen LogP contribution < -0.4 is 11.5 Å². The number of amides is 1. The zero-order valence-corrected chi connectivity index (χ0v) is 13.3. The smallest absolute Gasteiger partial charge is 0.398 e. The molecule has 0 atom stereocenters. The Morgan fingerprint density at radius 1 is 1.22 bits per heavy atom. The highest BCUT2D eigenvalue weighted by Crippen LogP contribution is 2.34. The number of hydrogen-bond acceptors (Lipinski definition) is 3. The number of hydrogen-bond donors (Lipinski definition) is 2. The van der Waals surface area contributed by atoms with Crippen molar-refractivity contribution in [2.24, 2.45) is 5.73 Å². The van der Waals surface area contributed by atoms with Gasteiger partial charge < -0.3 is 16.4 Å². The van der Waals surface area contributed by atoms with Crippen LogP contribution in [0.1, 0.15) is 37.3 Å². The summed E-state index contributed by atoms with van der Waals surface area (Å²) >= 11 is 0. The quantitative estimate of drug-likeness (QED) is 0.684. The Morgan fingerprint density at radius 2 is 1.91 bits per heavy atom. The zero-order valence-electron chi connectivity index (χ0n) is 13.3. The fraction of sp³-hybridized carbons (Fsp3) is 0.562. The molecule has 0 heterocycles. The monoisotopic (exact) mass is 331 g/mol. The first-order valence-electron chi connectivity index (χ1n) is 7.70. The van der Waals surface area contributed by atoms with Crippen molar-refractivity contribution in [3.05, 3.63) is 29.3 Å². The molecule has 0 aliphatic heterocycles. The van der Waals surface area contributed by atoms with E-state index in [2.05, 4.69) is 4.90 Å². The van der Waals surface area contributed by atoms with E-state index in [1.165, 1.54) is 6.07 Å². The highest BCUT2D eigenvalue weighted by Gasteiger charge is 2.33. The topological polar surface area (TPSA) is 72.3 Å². The van der Waals surface area contributed by atoms with Gasteiger partial charge in [-0.25, -0.2) is 0 Å². The Bertz CT molecular complexity index is 518. The maximum absolute atomic E-state index is 12.9. The lowest BCUT2D eigenvalue weighted by Crippen LogP contribution is -2.29. The number of halogens is 3. The fourth-order valence-corrected chi connectivity index (χ4v) is 2.42. The van der Waals surface area contributed by atoms with Crippen molar-refractivity contribution in [3.63, 3.8) is 0 Å². The molecule has 4 nitrogen and oxygen atoms in total. The molecule has 0 radical (unpaired) electrons. The van der Waals surface area contributed by atoms with Gasteiger partial charge in [-0.2, -0.15) is 13.2 Å². The summed E-state index contributed by atoms with van der Waals surface area (Å²) in [5.74, 6) is -0.338. The van der Waals surface area contributed by atoms with Gasteiger partial charge in [0, 0.05) is 18.7 Å². The summed E-state index contributed by atoms with van der Waals surface area (Å²) in [6, 6.07) is 4.04. The van der Waals surface area contributed by atoms with Crippen LogP contribution in [0.15, 0.2) is 18.2 Å². The molecule has 0 saturated heterocycles. The number of anilines is 1. The summed E-state index contributed by atoms with van der Waals surface area (Å²) < 4.78 is 38.6. The summed E-state index contributed by atoms with van der Waals surface area (Å²) in [5.41, 5.74) is 10.1. The van der Waals surface area contributed by atoms with Crippen molar-refractivity contribution in [1.29, 1.82) is 0 Å². The van der Waals surface area contributed by atoms with E-state index in [-0.39, 0.29) is 11.6 Å². The lowest BCUT2D eigenvalue weighted by Gasteiger charge is -2.21. The van der Waals surface area contributed by atoms with Crippen LogP contribution in [0.5, 0.6) is 0 Å². The second kappa shape index (κ2) is 8.76. The highest BCUT2D eigenvalue weighted by atomic mass is 19.4. The third-order valence-electron chi connectivity index (χ3n) is 3.58. The Labute approximate surface area is 134 Å². The standard InChI is InChI=1S/C16H24F3N3O/c1-2-8-22(9-3-4-15(21)23)10-7-12-5-6-14(20)13(11-12)16(17,18)19/h5-6,11H,2-4,7-10,20H2,1H3,(H2,21,23). The predicted molar refractivity (Wildman–Crippen MR) is 84.7 cm³/mol. The normalized spacial score (nSPS) is 11.9. The zero-order chi connectivity index (χ0) is 17.5. The number of alkyl halides is 3. The third kappa shape index (κ3) is 6.90. The molecule has 0 fully saturated rings. The fourth-order valence-electron chi connectivity index (χ4n) is 2.42. The van der Waals surface area contributed by atoms with E-state index in [1.807, 2.05) is 6.92 Å². The minimum Gasteiger partial charge on any atom is -0.398 e. The molecule has 1 aromatic rings. The first-order chi connectivity index (χ1) is 10.7. The maximum Gasteiger partial charge on any atom is 0.418 e. The number of carbonyl (C=O) groups is 1. The van der Waals surface area contributed by atoms with E-state index >= 15 is 0 Å². The van der Waals surface area contributed by atoms with Crippen molar-refractivity contribution in [2.45, 2.75) is 38.8 Å². The van der Waals surface area contributed by atoms with Gasteiger partial charge in [0.1, 0.15) is 0 Å². The van der Waals surface area contributed by atoms with Gasteiger partial charge in [0.25, 0.3) is 0 Å². The van der Waals surface area contributed by atoms with E-state index in [0.29, 0.717) is 37.9 Å². The van der Waals surface area contributed by atoms with Crippen LogP contribution in [-0.2, 0) is 17.4 Å². The molecule has 130 valence electrons. The molecule has 0 aliphatic carbocycles. The molecule has 0 spiro atoms. The number of rotatable bonds is 9. The van der Waals surface area contributed by atoms with E-state index < -0.39 is 11.7 Å². The molecular formula is C16H24F3N3O. The van der Waals surface area contributed by atoms with Gasteiger partial charge in [0.05, 0.1) is 5.56 Å². The van der Waals surface area contributed by atoms with E-state index in [4.69, 9.17) is 11.5 Å². The number of nitrogen functional groups attached to an aromatic ring is 1. The lowest BCUT2D eigenvalue weighted by molar-refractivity contribution is -0.137. The van der Waals surface area contributed by atoms with Crippen molar-refractivity contribution in [2.75, 3.05) is 25.4 Å². The van der Waals surface area contributed by atoms with Gasteiger partial charge in [-0.3, -0.25) is 4.79 Å². The van der Waals surface area contributed by atoms with Crippen LogP contribution in [0.4, 0.5) is 18.9 Å². The maximum atomic E-state index is 12.9. The Hall–Kier alpha value is -1.76. The summed E-state index contributed by atoms with van der Waals surface area (Å²) in [7, 11) is 0. The van der Waals surface area contributed by atoms with Crippen LogP contribution in [0, 0.1) is 0 Å². The average Bonchev–Trinajstić information content (AvgIpc) is 2.44.